The Morgan fingerprint density at radius 3 is 1.19 bits per heavy atom. The molecular weight excluding hydrogens is 733 g/mol. The van der Waals surface area contributed by atoms with Gasteiger partial charge >= 0.3 is 0 Å². The lowest BCUT2D eigenvalue weighted by molar-refractivity contribution is -0.129. The molecule has 1 saturated heterocycles. The van der Waals surface area contributed by atoms with Crippen molar-refractivity contribution in [1.82, 2.24) is 10.2 Å². The first-order chi connectivity index (χ1) is 28.9. The lowest BCUT2D eigenvalue weighted by Crippen LogP contribution is -2.41. The molecule has 0 aromatic carbocycles. The normalized spacial score (nSPS) is 13.1. The van der Waals surface area contributed by atoms with Crippen LogP contribution in [0.15, 0.2) is 0 Å². The minimum absolute atomic E-state index is 0.250. The van der Waals surface area contributed by atoms with Crippen LogP contribution < -0.4 is 5.32 Å². The van der Waals surface area contributed by atoms with E-state index in [0.717, 1.165) is 31.3 Å². The highest BCUT2D eigenvalue weighted by molar-refractivity contribution is 5.78. The third kappa shape index (κ3) is 45.7. The van der Waals surface area contributed by atoms with Gasteiger partial charge in [-0.1, -0.05) is 240 Å². The van der Waals surface area contributed by atoms with Crippen molar-refractivity contribution in [2.24, 2.45) is 11.8 Å². The molecule has 0 aromatic heterocycles. The average Bonchev–Trinajstić information content (AvgIpc) is 3.74. The zero-order chi connectivity index (χ0) is 43.7. The molecule has 0 aromatic rings. The Kier molecular flexibility index (Phi) is 51.1. The Morgan fingerprint density at radius 2 is 0.814 bits per heavy atom. The first-order valence-electron chi connectivity index (χ1n) is 26.1. The van der Waals surface area contributed by atoms with Gasteiger partial charge in [-0.05, 0) is 57.0 Å². The smallest absolute Gasteiger partial charge is 0.293 e. The van der Waals surface area contributed by atoms with E-state index in [-0.39, 0.29) is 12.4 Å². The zero-order valence-electron chi connectivity index (χ0n) is 40.4. The average molecular weight is 837 g/mol. The molecule has 0 radical (unpaired) electrons. The van der Waals surface area contributed by atoms with Gasteiger partial charge in [-0.2, -0.15) is 0 Å². The number of nitrogens with one attached hydrogen (secondary N) is 1. The number of hydrogen-bond donors (Lipinski definition) is 2. The topological polar surface area (TPSA) is 95.9 Å². The van der Waals surface area contributed by atoms with Crippen LogP contribution in [0.4, 0.5) is 0 Å². The molecule has 0 aliphatic carbocycles. The van der Waals surface area contributed by atoms with Crippen molar-refractivity contribution in [3.63, 3.8) is 0 Å². The number of rotatable bonds is 42. The van der Waals surface area contributed by atoms with Crippen LogP contribution in [0.3, 0.4) is 0 Å². The van der Waals surface area contributed by atoms with Crippen LogP contribution in [-0.4, -0.2) is 61.1 Å². The van der Waals surface area contributed by atoms with E-state index in [0.29, 0.717) is 25.7 Å². The molecule has 1 aliphatic rings. The third-order valence-electron chi connectivity index (χ3n) is 12.6. The second-order valence-electron chi connectivity index (χ2n) is 18.1. The molecule has 7 nitrogen and oxygen atoms in total. The van der Waals surface area contributed by atoms with Gasteiger partial charge in [-0.3, -0.25) is 19.3 Å². The van der Waals surface area contributed by atoms with Crippen molar-refractivity contribution < 1.29 is 24.2 Å². The highest BCUT2D eigenvalue weighted by atomic mass is 16.5. The summed E-state index contributed by atoms with van der Waals surface area (Å²) in [5.41, 5.74) is 0. The van der Waals surface area contributed by atoms with E-state index in [1.807, 2.05) is 0 Å². The molecule has 59 heavy (non-hydrogen) atoms. The van der Waals surface area contributed by atoms with E-state index in [4.69, 9.17) is 14.6 Å². The van der Waals surface area contributed by atoms with E-state index >= 15 is 0 Å². The van der Waals surface area contributed by atoms with E-state index in [9.17, 15) is 9.59 Å². The second-order valence-corrected chi connectivity index (χ2v) is 18.1. The van der Waals surface area contributed by atoms with Crippen LogP contribution in [0.2, 0.25) is 0 Å². The number of amides is 1. The highest BCUT2D eigenvalue weighted by Gasteiger charge is 2.18. The van der Waals surface area contributed by atoms with Crippen molar-refractivity contribution in [3.8, 4) is 0 Å². The predicted molar refractivity (Wildman–Crippen MR) is 255 cm³/mol. The minimum atomic E-state index is -0.250. The maximum absolute atomic E-state index is 12.7. The zero-order valence-corrected chi connectivity index (χ0v) is 40.4. The first-order valence-corrected chi connectivity index (χ1v) is 26.1. The fraction of sp³-hybridized carbons (Fsp3) is 0.942. The Balaban J connectivity index is 0. The molecule has 352 valence electrons. The van der Waals surface area contributed by atoms with Crippen molar-refractivity contribution in [2.75, 3.05) is 26.2 Å². The molecule has 7 heteroatoms. The fourth-order valence-corrected chi connectivity index (χ4v) is 8.82. The molecule has 1 atom stereocenters. The molecular formula is C52H104N2O5. The number of ether oxygens (including phenoxy) is 1. The Hall–Kier alpha value is -1.63. The summed E-state index contributed by atoms with van der Waals surface area (Å²) in [5.74, 6) is 2.04. The number of nitrogens with zero attached hydrogens (tertiary/aromatic N) is 1. The molecule has 1 rings (SSSR count). The molecule has 1 fully saturated rings. The molecule has 1 heterocycles. The van der Waals surface area contributed by atoms with Gasteiger partial charge in [0.15, 0.2) is 0 Å². The van der Waals surface area contributed by atoms with Gasteiger partial charge in [-0.15, -0.1) is 0 Å². The molecule has 1 aliphatic heterocycles. The van der Waals surface area contributed by atoms with Crippen LogP contribution in [-0.2, 0) is 19.1 Å². The summed E-state index contributed by atoms with van der Waals surface area (Å²) in [4.78, 5) is 33.5. The van der Waals surface area contributed by atoms with E-state index in [1.54, 1.807) is 0 Å². The van der Waals surface area contributed by atoms with Crippen molar-refractivity contribution in [2.45, 2.75) is 278 Å². The number of carbonyl (C=O) groups excluding carboxylic acids is 2. The SMILES string of the molecule is CCCCCC(CCCCC)CCOC=O.CCCCCCCCCC(CCCCCCCCCCC(CCCCC)CCCCC)NC(=O)CN1CCCC1.O=CO. The summed E-state index contributed by atoms with van der Waals surface area (Å²) in [5, 5.41) is 10.3. The molecule has 0 bridgehead atoms. The number of carboxylic acid groups (broad SMARTS) is 1. The van der Waals surface area contributed by atoms with Gasteiger partial charge in [0.05, 0.1) is 13.2 Å². The van der Waals surface area contributed by atoms with Gasteiger partial charge in [0, 0.05) is 6.04 Å². The van der Waals surface area contributed by atoms with Gasteiger partial charge in [0.1, 0.15) is 0 Å². The Bertz CT molecular complexity index is 816. The van der Waals surface area contributed by atoms with E-state index in [2.05, 4.69) is 44.8 Å². The summed E-state index contributed by atoms with van der Waals surface area (Å²) in [6, 6.07) is 0.397. The van der Waals surface area contributed by atoms with Crippen LogP contribution in [0, 0.1) is 11.8 Å². The van der Waals surface area contributed by atoms with Gasteiger partial charge in [0.25, 0.3) is 12.9 Å². The van der Waals surface area contributed by atoms with Crippen LogP contribution in [0.25, 0.3) is 0 Å². The number of carbonyl (C=O) groups is 3. The molecule has 1 unspecified atom stereocenters. The highest BCUT2D eigenvalue weighted by Crippen LogP contribution is 2.24. The standard InChI is InChI=1S/C37H74N2O.C14H28O2.CH2O2/c1-4-7-10-11-14-18-23-30-36(38-37(40)34-39-32-25-26-33-39)31-24-19-16-13-12-15-17-22-29-35(27-20-8-5-2)28-21-9-6-3;1-3-5-7-9-14(10-8-6-4-2)11-12-16-13-15;2-1-3/h35-36H,4-34H2,1-3H3,(H,38,40);13-14H,3-12H2,1-2H3;1H,(H,2,3). The summed E-state index contributed by atoms with van der Waals surface area (Å²) in [6.07, 6.45) is 50.0. The van der Waals surface area contributed by atoms with Crippen molar-refractivity contribution in [1.29, 1.82) is 0 Å². The summed E-state index contributed by atoms with van der Waals surface area (Å²) in [7, 11) is 0. The summed E-state index contributed by atoms with van der Waals surface area (Å²) >= 11 is 0. The second kappa shape index (κ2) is 50.7. The Labute approximate surface area is 368 Å². The van der Waals surface area contributed by atoms with Crippen molar-refractivity contribution in [3.05, 3.63) is 0 Å². The number of unbranched alkanes of at least 4 members (excludes halogenated alkanes) is 21. The Morgan fingerprint density at radius 1 is 0.508 bits per heavy atom. The van der Waals surface area contributed by atoms with Crippen LogP contribution in [0.1, 0.15) is 272 Å². The largest absolute Gasteiger partial charge is 0.483 e. The first kappa shape index (κ1) is 59.5. The van der Waals surface area contributed by atoms with Gasteiger partial charge < -0.3 is 15.2 Å². The number of hydrogen-bond acceptors (Lipinski definition) is 5. The van der Waals surface area contributed by atoms with Crippen molar-refractivity contribution >= 4 is 18.9 Å². The summed E-state index contributed by atoms with van der Waals surface area (Å²) < 4.78 is 4.80. The quantitative estimate of drug-likeness (QED) is 0.0470. The predicted octanol–water partition coefficient (Wildman–Crippen LogP) is 15.4. The maximum atomic E-state index is 12.7. The maximum Gasteiger partial charge on any atom is 0.293 e. The van der Waals surface area contributed by atoms with E-state index in [1.165, 1.54) is 231 Å². The van der Waals surface area contributed by atoms with Crippen LogP contribution in [0.5, 0.6) is 0 Å². The molecule has 2 N–H and O–H groups in total. The lowest BCUT2D eigenvalue weighted by Gasteiger charge is -2.21. The molecule has 1 amide bonds. The molecule has 0 spiro atoms. The summed E-state index contributed by atoms with van der Waals surface area (Å²) in [6.45, 7) is 15.2. The third-order valence-corrected chi connectivity index (χ3v) is 12.6. The minimum Gasteiger partial charge on any atom is -0.483 e. The monoisotopic (exact) mass is 837 g/mol. The molecule has 0 saturated carbocycles. The van der Waals surface area contributed by atoms with Crippen LogP contribution >= 0.6 is 0 Å². The van der Waals surface area contributed by atoms with E-state index < -0.39 is 0 Å². The lowest BCUT2D eigenvalue weighted by atomic mass is 9.90. The van der Waals surface area contributed by atoms with Gasteiger partial charge in [0.2, 0.25) is 5.91 Å². The number of likely N-dealkylation sites (tertiary alicyclic amines) is 1. The fourth-order valence-electron chi connectivity index (χ4n) is 8.82. The van der Waals surface area contributed by atoms with Gasteiger partial charge in [-0.25, -0.2) is 0 Å².